The van der Waals surface area contributed by atoms with Gasteiger partial charge in [0.25, 0.3) is 11.8 Å². The highest BCUT2D eigenvalue weighted by atomic mass is 79.9. The van der Waals surface area contributed by atoms with Crippen LogP contribution in [0.1, 0.15) is 26.3 Å². The minimum Gasteiger partial charge on any atom is -0.423 e. The first-order valence-electron chi connectivity index (χ1n) is 9.35. The quantitative estimate of drug-likeness (QED) is 0.225. The van der Waals surface area contributed by atoms with E-state index in [-0.39, 0.29) is 12.1 Å². The number of amides is 2. The lowest BCUT2D eigenvalue weighted by atomic mass is 10.2. The number of hydrogen-bond acceptors (Lipinski definition) is 5. The lowest BCUT2D eigenvalue weighted by Gasteiger charge is -2.06. The third-order valence-electron chi connectivity index (χ3n) is 4.08. The Morgan fingerprint density at radius 1 is 1.00 bits per heavy atom. The average molecular weight is 498 g/mol. The Kier molecular flexibility index (Phi) is 7.82. The first kappa shape index (κ1) is 22.8. The number of nitrogens with zero attached hydrogens (tertiary/aromatic N) is 1. The molecule has 2 N–H and O–H groups in total. The summed E-state index contributed by atoms with van der Waals surface area (Å²) in [6.07, 6.45) is 1.39. The largest absolute Gasteiger partial charge is 0.423 e. The number of hydrazone groups is 1. The topological polar surface area (TPSA) is 96.9 Å². The van der Waals surface area contributed by atoms with Gasteiger partial charge in [-0.05, 0) is 76.1 Å². The van der Waals surface area contributed by atoms with Crippen LogP contribution in [0.5, 0.6) is 5.75 Å². The number of ether oxygens (including phenoxy) is 1. The van der Waals surface area contributed by atoms with E-state index < -0.39 is 23.6 Å². The van der Waals surface area contributed by atoms with Gasteiger partial charge in [-0.25, -0.2) is 14.6 Å². The predicted octanol–water partition coefficient (Wildman–Crippen LogP) is 3.69. The van der Waals surface area contributed by atoms with Gasteiger partial charge in [-0.1, -0.05) is 18.2 Å². The SMILES string of the molecule is O=C(CNC(=O)c1cccc(F)c1)N/N=C/c1ccc(OC(=O)c2ccccc2Br)cc1. The van der Waals surface area contributed by atoms with E-state index in [1.54, 1.807) is 48.5 Å². The second-order valence-corrected chi connectivity index (χ2v) is 7.28. The van der Waals surface area contributed by atoms with Gasteiger partial charge in [0.15, 0.2) is 0 Å². The van der Waals surface area contributed by atoms with Crippen molar-refractivity contribution in [3.8, 4) is 5.75 Å². The molecule has 0 spiro atoms. The van der Waals surface area contributed by atoms with Gasteiger partial charge in [0.05, 0.1) is 18.3 Å². The second kappa shape index (κ2) is 11.0. The van der Waals surface area contributed by atoms with Crippen LogP contribution in [0.4, 0.5) is 4.39 Å². The molecule has 0 heterocycles. The molecule has 0 saturated heterocycles. The monoisotopic (exact) mass is 497 g/mol. The fraction of sp³-hybridized carbons (Fsp3) is 0.0435. The first-order chi connectivity index (χ1) is 15.4. The highest BCUT2D eigenvalue weighted by Crippen LogP contribution is 2.19. The summed E-state index contributed by atoms with van der Waals surface area (Å²) in [5, 5.41) is 6.18. The van der Waals surface area contributed by atoms with Gasteiger partial charge in [-0.15, -0.1) is 0 Å². The Labute approximate surface area is 191 Å². The van der Waals surface area contributed by atoms with Gasteiger partial charge in [-0.2, -0.15) is 5.10 Å². The van der Waals surface area contributed by atoms with Crippen LogP contribution in [-0.2, 0) is 4.79 Å². The van der Waals surface area contributed by atoms with Crippen molar-refractivity contribution in [3.05, 3.63) is 99.8 Å². The molecule has 0 aliphatic carbocycles. The minimum atomic E-state index is -0.573. The summed E-state index contributed by atoms with van der Waals surface area (Å²) in [7, 11) is 0. The lowest BCUT2D eigenvalue weighted by Crippen LogP contribution is -2.34. The van der Waals surface area contributed by atoms with Gasteiger partial charge < -0.3 is 10.1 Å². The standard InChI is InChI=1S/C23H17BrFN3O4/c24-20-7-2-1-6-19(20)23(31)32-18-10-8-15(9-11-18)13-27-28-21(29)14-26-22(30)16-4-3-5-17(25)12-16/h1-13H,14H2,(H,26,30)(H,28,29)/b27-13+. The Balaban J connectivity index is 1.46. The van der Waals surface area contributed by atoms with E-state index in [2.05, 4.69) is 31.8 Å². The van der Waals surface area contributed by atoms with Crippen LogP contribution >= 0.6 is 15.9 Å². The maximum absolute atomic E-state index is 13.1. The number of carbonyl (C=O) groups excluding carboxylic acids is 3. The molecule has 0 radical (unpaired) electrons. The van der Waals surface area contributed by atoms with Gasteiger partial charge >= 0.3 is 5.97 Å². The van der Waals surface area contributed by atoms with Crippen molar-refractivity contribution in [2.75, 3.05) is 6.54 Å². The fourth-order valence-electron chi connectivity index (χ4n) is 2.52. The van der Waals surface area contributed by atoms with Crippen molar-refractivity contribution in [1.29, 1.82) is 0 Å². The Morgan fingerprint density at radius 2 is 1.75 bits per heavy atom. The van der Waals surface area contributed by atoms with Crippen molar-refractivity contribution in [2.45, 2.75) is 0 Å². The number of rotatable bonds is 7. The molecule has 0 fully saturated rings. The van der Waals surface area contributed by atoms with E-state index in [4.69, 9.17) is 4.74 Å². The first-order valence-corrected chi connectivity index (χ1v) is 10.1. The van der Waals surface area contributed by atoms with E-state index >= 15 is 0 Å². The van der Waals surface area contributed by atoms with Gasteiger partial charge in [0, 0.05) is 10.0 Å². The van der Waals surface area contributed by atoms with Crippen molar-refractivity contribution in [3.63, 3.8) is 0 Å². The van der Waals surface area contributed by atoms with Gasteiger partial charge in [0.1, 0.15) is 11.6 Å². The van der Waals surface area contributed by atoms with Crippen molar-refractivity contribution >= 4 is 39.9 Å². The van der Waals surface area contributed by atoms with Crippen LogP contribution in [0.25, 0.3) is 0 Å². The molecule has 32 heavy (non-hydrogen) atoms. The summed E-state index contributed by atoms with van der Waals surface area (Å²) in [5.74, 6) is -1.81. The molecule has 0 bridgehead atoms. The molecular formula is C23H17BrFN3O4. The second-order valence-electron chi connectivity index (χ2n) is 6.42. The number of hydrogen-bond donors (Lipinski definition) is 2. The van der Waals surface area contributed by atoms with Crippen LogP contribution in [0, 0.1) is 5.82 Å². The van der Waals surface area contributed by atoms with Crippen LogP contribution in [0.15, 0.2) is 82.4 Å². The van der Waals surface area contributed by atoms with Crippen LogP contribution < -0.4 is 15.5 Å². The summed E-state index contributed by atoms with van der Waals surface area (Å²) < 4.78 is 19.1. The van der Waals surface area contributed by atoms with Crippen LogP contribution in [-0.4, -0.2) is 30.5 Å². The molecule has 0 saturated carbocycles. The molecule has 0 aliphatic heterocycles. The maximum atomic E-state index is 13.1. The zero-order valence-corrected chi connectivity index (χ0v) is 18.1. The minimum absolute atomic E-state index is 0.113. The Hall–Kier alpha value is -3.85. The fourth-order valence-corrected chi connectivity index (χ4v) is 2.97. The average Bonchev–Trinajstić information content (AvgIpc) is 2.79. The summed E-state index contributed by atoms with van der Waals surface area (Å²) in [6.45, 7) is -0.323. The molecule has 3 rings (SSSR count). The summed E-state index contributed by atoms with van der Waals surface area (Å²) >= 11 is 3.30. The van der Waals surface area contributed by atoms with Crippen LogP contribution in [0.2, 0.25) is 0 Å². The smallest absolute Gasteiger partial charge is 0.344 e. The molecule has 9 heteroatoms. The molecular weight excluding hydrogens is 481 g/mol. The molecule has 0 unspecified atom stereocenters. The van der Waals surface area contributed by atoms with E-state index in [0.29, 0.717) is 21.3 Å². The van der Waals surface area contributed by atoms with Crippen molar-refractivity contribution in [2.24, 2.45) is 5.10 Å². The molecule has 0 aromatic heterocycles. The van der Waals surface area contributed by atoms with Crippen molar-refractivity contribution < 1.29 is 23.5 Å². The van der Waals surface area contributed by atoms with E-state index in [1.807, 2.05) is 0 Å². The molecule has 7 nitrogen and oxygen atoms in total. The van der Waals surface area contributed by atoms with Gasteiger partial charge in [0.2, 0.25) is 0 Å². The highest BCUT2D eigenvalue weighted by Gasteiger charge is 2.12. The Morgan fingerprint density at radius 3 is 2.47 bits per heavy atom. The third kappa shape index (κ3) is 6.58. The molecule has 162 valence electrons. The van der Waals surface area contributed by atoms with E-state index in [1.165, 1.54) is 24.4 Å². The number of halogens is 2. The lowest BCUT2D eigenvalue weighted by molar-refractivity contribution is -0.120. The molecule has 2 amide bonds. The summed E-state index contributed by atoms with van der Waals surface area (Å²) in [6, 6.07) is 18.6. The van der Waals surface area contributed by atoms with Crippen molar-refractivity contribution in [1.82, 2.24) is 10.7 Å². The number of nitrogens with one attached hydrogen (secondary N) is 2. The third-order valence-corrected chi connectivity index (χ3v) is 4.78. The maximum Gasteiger partial charge on any atom is 0.344 e. The number of benzene rings is 3. The number of esters is 1. The molecule has 3 aromatic rings. The van der Waals surface area contributed by atoms with Crippen LogP contribution in [0.3, 0.4) is 0 Å². The molecule has 3 aromatic carbocycles. The van der Waals surface area contributed by atoms with Gasteiger partial charge in [-0.3, -0.25) is 9.59 Å². The Bertz CT molecular complexity index is 1170. The predicted molar refractivity (Wildman–Crippen MR) is 120 cm³/mol. The zero-order valence-electron chi connectivity index (χ0n) is 16.5. The highest BCUT2D eigenvalue weighted by molar-refractivity contribution is 9.10. The summed E-state index contributed by atoms with van der Waals surface area (Å²) in [4.78, 5) is 35.9. The van der Waals surface area contributed by atoms with E-state index in [9.17, 15) is 18.8 Å². The zero-order chi connectivity index (χ0) is 22.9. The molecule has 0 atom stereocenters. The normalized spacial score (nSPS) is 10.6. The van der Waals surface area contributed by atoms with E-state index in [0.717, 1.165) is 6.07 Å². The summed E-state index contributed by atoms with van der Waals surface area (Å²) in [5.41, 5.74) is 3.44. The molecule has 0 aliphatic rings. The number of carbonyl (C=O) groups is 3.